The third-order valence-electron chi connectivity index (χ3n) is 3.30. The third-order valence-corrected chi connectivity index (χ3v) is 3.30. The Bertz CT molecular complexity index is 142. The molecule has 84 valence electrons. The molecule has 1 aliphatic rings. The minimum atomic E-state index is -0.146. The predicted molar refractivity (Wildman–Crippen MR) is 57.1 cm³/mol. The maximum atomic E-state index is 8.95. The second-order valence-electron chi connectivity index (χ2n) is 4.42. The normalized spacial score (nSPS) is 21.4. The fraction of sp³-hybridized carbons (Fsp3) is 1.00. The monoisotopic (exact) mass is 201 g/mol. The van der Waals surface area contributed by atoms with Gasteiger partial charge in [-0.15, -0.1) is 0 Å². The zero-order valence-electron chi connectivity index (χ0n) is 9.08. The number of aliphatic hydroxyl groups excluding tert-OH is 2. The van der Waals surface area contributed by atoms with Gasteiger partial charge in [-0.25, -0.2) is 0 Å². The summed E-state index contributed by atoms with van der Waals surface area (Å²) in [6.07, 6.45) is 6.61. The van der Waals surface area contributed by atoms with Crippen LogP contribution < -0.4 is 5.32 Å². The van der Waals surface area contributed by atoms with E-state index in [2.05, 4.69) is 12.2 Å². The first-order valence-corrected chi connectivity index (χ1v) is 5.75. The summed E-state index contributed by atoms with van der Waals surface area (Å²) in [5, 5.41) is 21.2. The molecule has 3 heteroatoms. The Hall–Kier alpha value is -0.120. The number of hydrogen-bond donors (Lipinski definition) is 3. The highest BCUT2D eigenvalue weighted by molar-refractivity contribution is 4.78. The summed E-state index contributed by atoms with van der Waals surface area (Å²) in [7, 11) is 0. The van der Waals surface area contributed by atoms with Crippen LogP contribution in [-0.4, -0.2) is 35.5 Å². The van der Waals surface area contributed by atoms with Crippen LogP contribution in [0.25, 0.3) is 0 Å². The maximum absolute atomic E-state index is 8.95. The first kappa shape index (κ1) is 12.0. The number of rotatable bonds is 5. The summed E-state index contributed by atoms with van der Waals surface area (Å²) < 4.78 is 0. The first-order valence-electron chi connectivity index (χ1n) is 5.75. The van der Waals surface area contributed by atoms with E-state index in [1.807, 2.05) is 0 Å². The summed E-state index contributed by atoms with van der Waals surface area (Å²) in [6.45, 7) is 2.20. The summed E-state index contributed by atoms with van der Waals surface area (Å²) in [4.78, 5) is 0. The molecule has 0 aromatic rings. The van der Waals surface area contributed by atoms with Gasteiger partial charge >= 0.3 is 0 Å². The molecule has 1 unspecified atom stereocenters. The van der Waals surface area contributed by atoms with Crippen LogP contribution in [0.5, 0.6) is 0 Å². The molecule has 0 aromatic heterocycles. The van der Waals surface area contributed by atoms with Crippen LogP contribution in [0.2, 0.25) is 0 Å². The highest BCUT2D eigenvalue weighted by atomic mass is 16.3. The zero-order chi connectivity index (χ0) is 10.4. The van der Waals surface area contributed by atoms with E-state index in [9.17, 15) is 0 Å². The molecule has 1 saturated carbocycles. The standard InChI is InChI=1S/C11H23NO2/c1-9(12-11(7-13)8-14)10-5-3-2-4-6-10/h9-14H,2-8H2,1H3. The average molecular weight is 201 g/mol. The van der Waals surface area contributed by atoms with Crippen molar-refractivity contribution in [2.24, 2.45) is 5.92 Å². The molecule has 1 fully saturated rings. The molecular formula is C11H23NO2. The van der Waals surface area contributed by atoms with E-state index < -0.39 is 0 Å². The molecule has 0 bridgehead atoms. The first-order chi connectivity index (χ1) is 6.77. The Morgan fingerprint density at radius 3 is 2.21 bits per heavy atom. The lowest BCUT2D eigenvalue weighted by atomic mass is 9.84. The topological polar surface area (TPSA) is 52.5 Å². The van der Waals surface area contributed by atoms with E-state index in [-0.39, 0.29) is 19.3 Å². The minimum Gasteiger partial charge on any atom is -0.395 e. The molecule has 0 heterocycles. The Balaban J connectivity index is 2.27. The van der Waals surface area contributed by atoms with Crippen LogP contribution >= 0.6 is 0 Å². The Morgan fingerprint density at radius 2 is 1.71 bits per heavy atom. The average Bonchev–Trinajstić information content (AvgIpc) is 2.26. The summed E-state index contributed by atoms with van der Waals surface area (Å²) >= 11 is 0. The van der Waals surface area contributed by atoms with E-state index in [0.29, 0.717) is 6.04 Å². The van der Waals surface area contributed by atoms with E-state index >= 15 is 0 Å². The van der Waals surface area contributed by atoms with Gasteiger partial charge in [0.2, 0.25) is 0 Å². The number of nitrogens with one attached hydrogen (secondary N) is 1. The second kappa shape index (κ2) is 6.38. The molecule has 0 aliphatic heterocycles. The van der Waals surface area contributed by atoms with E-state index in [0.717, 1.165) is 5.92 Å². The van der Waals surface area contributed by atoms with Crippen molar-refractivity contribution in [2.45, 2.75) is 51.1 Å². The van der Waals surface area contributed by atoms with Crippen molar-refractivity contribution in [3.8, 4) is 0 Å². The van der Waals surface area contributed by atoms with Crippen LogP contribution in [0.4, 0.5) is 0 Å². The SMILES string of the molecule is CC(NC(CO)CO)C1CCCCC1. The van der Waals surface area contributed by atoms with Crippen molar-refractivity contribution in [3.63, 3.8) is 0 Å². The number of hydrogen-bond acceptors (Lipinski definition) is 3. The van der Waals surface area contributed by atoms with E-state index in [1.165, 1.54) is 32.1 Å². The lowest BCUT2D eigenvalue weighted by molar-refractivity contribution is 0.148. The molecule has 1 atom stereocenters. The van der Waals surface area contributed by atoms with Crippen LogP contribution in [0, 0.1) is 5.92 Å². The van der Waals surface area contributed by atoms with Gasteiger partial charge in [0.15, 0.2) is 0 Å². The van der Waals surface area contributed by atoms with Crippen LogP contribution in [0.3, 0.4) is 0 Å². The van der Waals surface area contributed by atoms with Crippen LogP contribution in [-0.2, 0) is 0 Å². The van der Waals surface area contributed by atoms with Crippen LogP contribution in [0.15, 0.2) is 0 Å². The fourth-order valence-electron chi connectivity index (χ4n) is 2.31. The maximum Gasteiger partial charge on any atom is 0.0607 e. The van der Waals surface area contributed by atoms with Crippen molar-refractivity contribution in [3.05, 3.63) is 0 Å². The second-order valence-corrected chi connectivity index (χ2v) is 4.42. The summed E-state index contributed by atoms with van der Waals surface area (Å²) in [5.41, 5.74) is 0. The summed E-state index contributed by atoms with van der Waals surface area (Å²) in [5.74, 6) is 0.726. The van der Waals surface area contributed by atoms with Crippen molar-refractivity contribution in [1.29, 1.82) is 0 Å². The molecule has 3 nitrogen and oxygen atoms in total. The van der Waals surface area contributed by atoms with Gasteiger partial charge in [0.05, 0.1) is 19.3 Å². The van der Waals surface area contributed by atoms with Gasteiger partial charge < -0.3 is 15.5 Å². The van der Waals surface area contributed by atoms with Gasteiger partial charge in [-0.2, -0.15) is 0 Å². The van der Waals surface area contributed by atoms with Crippen LogP contribution in [0.1, 0.15) is 39.0 Å². The van der Waals surface area contributed by atoms with Crippen molar-refractivity contribution in [2.75, 3.05) is 13.2 Å². The quantitative estimate of drug-likeness (QED) is 0.619. The Kier molecular flexibility index (Phi) is 5.45. The fourth-order valence-corrected chi connectivity index (χ4v) is 2.31. The van der Waals surface area contributed by atoms with Gasteiger partial charge in [-0.1, -0.05) is 19.3 Å². The van der Waals surface area contributed by atoms with E-state index in [4.69, 9.17) is 10.2 Å². The molecule has 0 spiro atoms. The molecule has 0 aromatic carbocycles. The highest BCUT2D eigenvalue weighted by Crippen LogP contribution is 2.26. The Labute approximate surface area is 86.5 Å². The molecule has 14 heavy (non-hydrogen) atoms. The largest absolute Gasteiger partial charge is 0.395 e. The van der Waals surface area contributed by atoms with Gasteiger partial charge in [0.25, 0.3) is 0 Å². The van der Waals surface area contributed by atoms with Crippen molar-refractivity contribution >= 4 is 0 Å². The molecule has 1 rings (SSSR count). The molecule has 0 amide bonds. The van der Waals surface area contributed by atoms with Gasteiger partial charge in [0.1, 0.15) is 0 Å². The van der Waals surface area contributed by atoms with Gasteiger partial charge in [-0.3, -0.25) is 0 Å². The van der Waals surface area contributed by atoms with Gasteiger partial charge in [0, 0.05) is 6.04 Å². The third kappa shape index (κ3) is 3.56. The highest BCUT2D eigenvalue weighted by Gasteiger charge is 2.21. The Morgan fingerprint density at radius 1 is 1.14 bits per heavy atom. The molecular weight excluding hydrogens is 178 g/mol. The zero-order valence-corrected chi connectivity index (χ0v) is 9.08. The predicted octanol–water partition coefficient (Wildman–Crippen LogP) is 0.898. The van der Waals surface area contributed by atoms with Gasteiger partial charge in [-0.05, 0) is 25.7 Å². The minimum absolute atomic E-state index is 0.0214. The lowest BCUT2D eigenvalue weighted by Crippen LogP contribution is -2.45. The van der Waals surface area contributed by atoms with E-state index in [1.54, 1.807) is 0 Å². The smallest absolute Gasteiger partial charge is 0.0607 e. The molecule has 0 radical (unpaired) electrons. The molecule has 3 N–H and O–H groups in total. The molecule has 0 saturated heterocycles. The van der Waals surface area contributed by atoms with Crippen molar-refractivity contribution < 1.29 is 10.2 Å². The summed E-state index contributed by atoms with van der Waals surface area (Å²) in [6, 6.07) is 0.270. The lowest BCUT2D eigenvalue weighted by Gasteiger charge is -2.30. The number of aliphatic hydroxyl groups is 2. The van der Waals surface area contributed by atoms with Crippen molar-refractivity contribution in [1.82, 2.24) is 5.32 Å². The molecule has 1 aliphatic carbocycles.